The molecular formula is C16H17N5O2. The molecule has 7 nitrogen and oxygen atoms in total. The van der Waals surface area contributed by atoms with Crippen molar-refractivity contribution in [1.82, 2.24) is 19.9 Å². The summed E-state index contributed by atoms with van der Waals surface area (Å²) in [6.07, 6.45) is 6.04. The Labute approximate surface area is 133 Å². The maximum absolute atomic E-state index is 12.2. The summed E-state index contributed by atoms with van der Waals surface area (Å²) >= 11 is 0. The molecule has 0 radical (unpaired) electrons. The van der Waals surface area contributed by atoms with Gasteiger partial charge in [-0.2, -0.15) is 5.10 Å². The first-order chi connectivity index (χ1) is 11.1. The van der Waals surface area contributed by atoms with Crippen molar-refractivity contribution in [2.24, 2.45) is 0 Å². The number of aromatic nitrogens is 4. The molecule has 0 saturated heterocycles. The number of hydrogen-bond donors (Lipinski definition) is 1. The second-order valence-corrected chi connectivity index (χ2v) is 5.18. The number of pyridine rings is 1. The van der Waals surface area contributed by atoms with Crippen LogP contribution in [0.5, 0.6) is 0 Å². The molecule has 3 rings (SSSR count). The molecule has 0 aliphatic carbocycles. The lowest BCUT2D eigenvalue weighted by Crippen LogP contribution is -2.15. The van der Waals surface area contributed by atoms with Gasteiger partial charge in [-0.05, 0) is 38.5 Å². The van der Waals surface area contributed by atoms with Gasteiger partial charge in [0.05, 0.1) is 11.4 Å². The summed E-state index contributed by atoms with van der Waals surface area (Å²) < 4.78 is 6.73. The zero-order chi connectivity index (χ0) is 16.2. The van der Waals surface area contributed by atoms with E-state index in [0.29, 0.717) is 24.3 Å². The lowest BCUT2D eigenvalue weighted by atomic mass is 10.1. The topological polar surface area (TPSA) is 85.8 Å². The van der Waals surface area contributed by atoms with Gasteiger partial charge in [0, 0.05) is 30.6 Å². The van der Waals surface area contributed by atoms with Crippen molar-refractivity contribution < 1.29 is 9.32 Å². The van der Waals surface area contributed by atoms with Crippen LogP contribution in [0.25, 0.3) is 5.82 Å². The normalized spacial score (nSPS) is 10.7. The molecule has 0 saturated carbocycles. The molecule has 3 aromatic rings. The Morgan fingerprint density at radius 3 is 2.87 bits per heavy atom. The second kappa shape index (κ2) is 6.43. The molecule has 1 N–H and O–H groups in total. The van der Waals surface area contributed by atoms with Gasteiger partial charge in [-0.15, -0.1) is 0 Å². The van der Waals surface area contributed by atoms with E-state index in [9.17, 15) is 4.79 Å². The van der Waals surface area contributed by atoms with Gasteiger partial charge in [-0.3, -0.25) is 4.79 Å². The predicted octanol–water partition coefficient (Wildman–Crippen LogP) is 2.44. The third-order valence-electron chi connectivity index (χ3n) is 3.57. The van der Waals surface area contributed by atoms with Crippen LogP contribution in [0.4, 0.5) is 5.69 Å². The van der Waals surface area contributed by atoms with E-state index in [2.05, 4.69) is 20.6 Å². The number of nitrogens with one attached hydrogen (secondary N) is 1. The van der Waals surface area contributed by atoms with E-state index in [4.69, 9.17) is 4.52 Å². The minimum absolute atomic E-state index is 0.0913. The number of amides is 1. The third kappa shape index (κ3) is 3.28. The van der Waals surface area contributed by atoms with Crippen LogP contribution in [0.2, 0.25) is 0 Å². The van der Waals surface area contributed by atoms with Crippen LogP contribution in [0.3, 0.4) is 0 Å². The van der Waals surface area contributed by atoms with Crippen molar-refractivity contribution in [2.75, 3.05) is 5.32 Å². The van der Waals surface area contributed by atoms with Gasteiger partial charge in [-0.25, -0.2) is 9.67 Å². The smallest absolute Gasteiger partial charge is 0.224 e. The van der Waals surface area contributed by atoms with E-state index in [0.717, 1.165) is 17.0 Å². The van der Waals surface area contributed by atoms with Gasteiger partial charge in [-0.1, -0.05) is 5.16 Å². The van der Waals surface area contributed by atoms with Crippen molar-refractivity contribution >= 4 is 11.6 Å². The molecule has 118 valence electrons. The van der Waals surface area contributed by atoms with E-state index < -0.39 is 0 Å². The fraction of sp³-hybridized carbons (Fsp3) is 0.250. The highest BCUT2D eigenvalue weighted by molar-refractivity contribution is 5.92. The predicted molar refractivity (Wildman–Crippen MR) is 84.3 cm³/mol. The van der Waals surface area contributed by atoms with Gasteiger partial charge in [0.1, 0.15) is 5.76 Å². The maximum Gasteiger partial charge on any atom is 0.224 e. The molecule has 23 heavy (non-hydrogen) atoms. The first-order valence-corrected chi connectivity index (χ1v) is 7.32. The Kier molecular flexibility index (Phi) is 4.18. The molecular weight excluding hydrogens is 294 g/mol. The standard InChI is InChI=1S/C16H17N5O2/c1-11-13(12(2)23-20-11)6-7-15(22)19-14-5-3-8-17-16(14)21-10-4-9-18-21/h3-5,8-10H,6-7H2,1-2H3,(H,19,22). The van der Waals surface area contributed by atoms with Crippen LogP contribution < -0.4 is 5.32 Å². The highest BCUT2D eigenvalue weighted by Crippen LogP contribution is 2.18. The van der Waals surface area contributed by atoms with Crippen LogP contribution in [-0.2, 0) is 11.2 Å². The molecule has 0 aromatic carbocycles. The van der Waals surface area contributed by atoms with Gasteiger partial charge >= 0.3 is 0 Å². The molecule has 0 atom stereocenters. The van der Waals surface area contributed by atoms with Crippen LogP contribution in [0.1, 0.15) is 23.4 Å². The zero-order valence-electron chi connectivity index (χ0n) is 13.0. The third-order valence-corrected chi connectivity index (χ3v) is 3.57. The summed E-state index contributed by atoms with van der Waals surface area (Å²) in [6.45, 7) is 3.73. The fourth-order valence-electron chi connectivity index (χ4n) is 2.38. The molecule has 0 aliphatic rings. The molecule has 0 fully saturated rings. The largest absolute Gasteiger partial charge is 0.361 e. The van der Waals surface area contributed by atoms with Gasteiger partial charge in [0.2, 0.25) is 5.91 Å². The molecule has 3 heterocycles. The van der Waals surface area contributed by atoms with Crippen LogP contribution in [-0.4, -0.2) is 25.8 Å². The van der Waals surface area contributed by atoms with E-state index in [-0.39, 0.29) is 5.91 Å². The lowest BCUT2D eigenvalue weighted by Gasteiger charge is -2.09. The van der Waals surface area contributed by atoms with E-state index in [1.807, 2.05) is 13.8 Å². The molecule has 0 spiro atoms. The number of nitrogens with zero attached hydrogens (tertiary/aromatic N) is 4. The Morgan fingerprint density at radius 1 is 1.30 bits per heavy atom. The van der Waals surface area contributed by atoms with Crippen molar-refractivity contribution in [3.63, 3.8) is 0 Å². The highest BCUT2D eigenvalue weighted by Gasteiger charge is 2.13. The number of carbonyl (C=O) groups is 1. The van der Waals surface area contributed by atoms with E-state index in [1.54, 1.807) is 41.5 Å². The van der Waals surface area contributed by atoms with Crippen LogP contribution in [0.15, 0.2) is 41.3 Å². The Bertz CT molecular complexity index is 788. The number of hydrogen-bond acceptors (Lipinski definition) is 5. The SMILES string of the molecule is Cc1noc(C)c1CCC(=O)Nc1cccnc1-n1cccn1. The number of anilines is 1. The lowest BCUT2D eigenvalue weighted by molar-refractivity contribution is -0.116. The average Bonchev–Trinajstić information content (AvgIpc) is 3.17. The fourth-order valence-corrected chi connectivity index (χ4v) is 2.38. The molecule has 0 bridgehead atoms. The van der Waals surface area contributed by atoms with E-state index >= 15 is 0 Å². The summed E-state index contributed by atoms with van der Waals surface area (Å²) in [5.74, 6) is 1.25. The van der Waals surface area contributed by atoms with Crippen LogP contribution >= 0.6 is 0 Å². The van der Waals surface area contributed by atoms with Crippen molar-refractivity contribution in [2.45, 2.75) is 26.7 Å². The summed E-state index contributed by atoms with van der Waals surface area (Å²) in [6, 6.07) is 5.38. The molecule has 7 heteroatoms. The average molecular weight is 311 g/mol. The highest BCUT2D eigenvalue weighted by atomic mass is 16.5. The first-order valence-electron chi connectivity index (χ1n) is 7.32. The molecule has 3 aromatic heterocycles. The van der Waals surface area contributed by atoms with Gasteiger partial charge in [0.15, 0.2) is 5.82 Å². The molecule has 0 unspecified atom stereocenters. The van der Waals surface area contributed by atoms with Gasteiger partial charge in [0.25, 0.3) is 0 Å². The van der Waals surface area contributed by atoms with Crippen molar-refractivity contribution in [3.8, 4) is 5.82 Å². The monoisotopic (exact) mass is 311 g/mol. The Morgan fingerprint density at radius 2 is 2.17 bits per heavy atom. The summed E-state index contributed by atoms with van der Waals surface area (Å²) in [5.41, 5.74) is 2.44. The summed E-state index contributed by atoms with van der Waals surface area (Å²) in [5, 5.41) is 10.9. The minimum atomic E-state index is -0.0913. The summed E-state index contributed by atoms with van der Waals surface area (Å²) in [4.78, 5) is 16.5. The zero-order valence-corrected chi connectivity index (χ0v) is 13.0. The minimum Gasteiger partial charge on any atom is -0.361 e. The number of aryl methyl sites for hydroxylation is 2. The van der Waals surface area contributed by atoms with Crippen molar-refractivity contribution in [3.05, 3.63) is 53.8 Å². The molecule has 0 aliphatic heterocycles. The molecule has 1 amide bonds. The second-order valence-electron chi connectivity index (χ2n) is 5.18. The van der Waals surface area contributed by atoms with Gasteiger partial charge < -0.3 is 9.84 Å². The Hall–Kier alpha value is -2.96. The first kappa shape index (κ1) is 15.0. The quantitative estimate of drug-likeness (QED) is 0.782. The summed E-state index contributed by atoms with van der Waals surface area (Å²) in [7, 11) is 0. The van der Waals surface area contributed by atoms with E-state index in [1.165, 1.54) is 0 Å². The number of rotatable bonds is 5. The number of carbonyl (C=O) groups excluding carboxylic acids is 1. The maximum atomic E-state index is 12.2. The Balaban J connectivity index is 1.69. The van der Waals surface area contributed by atoms with Crippen molar-refractivity contribution in [1.29, 1.82) is 0 Å². The van der Waals surface area contributed by atoms with Crippen LogP contribution in [0, 0.1) is 13.8 Å².